The number of hydrogen-bond donors (Lipinski definition) is 2. The predicted octanol–water partition coefficient (Wildman–Crippen LogP) is 3.90. The zero-order valence-corrected chi connectivity index (χ0v) is 13.9. The quantitative estimate of drug-likeness (QED) is 0.707. The smallest absolute Gasteiger partial charge is 0.270 e. The fourth-order valence-corrected chi connectivity index (χ4v) is 2.35. The highest BCUT2D eigenvalue weighted by Crippen LogP contribution is 2.11. The summed E-state index contributed by atoms with van der Waals surface area (Å²) < 4.78 is 25.8. The Hall–Kier alpha value is -3.28. The van der Waals surface area contributed by atoms with E-state index in [0.29, 0.717) is 6.54 Å². The van der Waals surface area contributed by atoms with Crippen LogP contribution >= 0.6 is 0 Å². The summed E-state index contributed by atoms with van der Waals surface area (Å²) in [5.41, 5.74) is 2.73. The number of nitrogens with one attached hydrogen (secondary N) is 2. The van der Waals surface area contributed by atoms with Crippen LogP contribution in [0, 0.1) is 11.6 Å². The molecule has 0 aliphatic heterocycles. The van der Waals surface area contributed by atoms with E-state index in [0.717, 1.165) is 16.8 Å². The van der Waals surface area contributed by atoms with E-state index in [1.807, 2.05) is 0 Å². The number of nitrogens with zero attached hydrogens (tertiary/aromatic N) is 1. The summed E-state index contributed by atoms with van der Waals surface area (Å²) in [6.45, 7) is 0.787. The largest absolute Gasteiger partial charge is 0.381 e. The fraction of sp³-hybridized carbons (Fsp3) is 0.100. The third-order valence-corrected chi connectivity index (χ3v) is 3.77. The average Bonchev–Trinajstić information content (AvgIpc) is 2.67. The predicted molar refractivity (Wildman–Crippen MR) is 95.5 cm³/mol. The third kappa shape index (κ3) is 4.86. The topological polar surface area (TPSA) is 54.0 Å². The van der Waals surface area contributed by atoms with Crippen molar-refractivity contribution >= 4 is 11.6 Å². The van der Waals surface area contributed by atoms with Crippen LogP contribution in [0.25, 0.3) is 0 Å². The number of carbonyl (C=O) groups excluding carboxylic acids is 1. The zero-order valence-electron chi connectivity index (χ0n) is 13.9. The minimum atomic E-state index is -0.320. The molecule has 3 rings (SSSR count). The fourth-order valence-electron chi connectivity index (χ4n) is 2.35. The molecule has 0 spiro atoms. The van der Waals surface area contributed by atoms with Gasteiger partial charge in [-0.25, -0.2) is 8.78 Å². The number of amides is 1. The van der Waals surface area contributed by atoms with Crippen molar-refractivity contribution in [2.75, 3.05) is 5.32 Å². The van der Waals surface area contributed by atoms with Crippen molar-refractivity contribution in [2.45, 2.75) is 13.1 Å². The summed E-state index contributed by atoms with van der Waals surface area (Å²) in [5.74, 6) is -0.917. The first-order valence-corrected chi connectivity index (χ1v) is 8.07. The van der Waals surface area contributed by atoms with E-state index in [4.69, 9.17) is 0 Å². The van der Waals surface area contributed by atoms with Crippen molar-refractivity contribution in [3.8, 4) is 0 Å². The summed E-state index contributed by atoms with van der Waals surface area (Å²) in [6, 6.07) is 15.5. The molecular weight excluding hydrogens is 336 g/mol. The Morgan fingerprint density at radius 2 is 1.42 bits per heavy atom. The van der Waals surface area contributed by atoms with Crippen LogP contribution in [0.1, 0.15) is 21.6 Å². The molecule has 4 nitrogen and oxygen atoms in total. The van der Waals surface area contributed by atoms with Crippen LogP contribution in [0.2, 0.25) is 0 Å². The lowest BCUT2D eigenvalue weighted by molar-refractivity contribution is 0.0946. The molecule has 0 radical (unpaired) electrons. The zero-order chi connectivity index (χ0) is 18.4. The molecule has 0 bridgehead atoms. The van der Waals surface area contributed by atoms with Crippen molar-refractivity contribution in [1.82, 2.24) is 10.3 Å². The minimum absolute atomic E-state index is 0.274. The normalized spacial score (nSPS) is 10.4. The van der Waals surface area contributed by atoms with Crippen molar-refractivity contribution < 1.29 is 13.6 Å². The number of pyridine rings is 1. The lowest BCUT2D eigenvalue weighted by Crippen LogP contribution is -2.23. The second-order valence-electron chi connectivity index (χ2n) is 5.72. The van der Waals surface area contributed by atoms with Gasteiger partial charge < -0.3 is 10.6 Å². The number of hydrogen-bond acceptors (Lipinski definition) is 3. The highest BCUT2D eigenvalue weighted by molar-refractivity contribution is 5.93. The van der Waals surface area contributed by atoms with Gasteiger partial charge in [0.05, 0.1) is 0 Å². The Kier molecular flexibility index (Phi) is 5.53. The molecule has 2 N–H and O–H groups in total. The van der Waals surface area contributed by atoms with Gasteiger partial charge in [0.2, 0.25) is 0 Å². The Morgan fingerprint density at radius 3 is 2.04 bits per heavy atom. The average molecular weight is 353 g/mol. The highest BCUT2D eigenvalue weighted by atomic mass is 19.1. The van der Waals surface area contributed by atoms with Crippen LogP contribution in [0.15, 0.2) is 66.9 Å². The number of anilines is 1. The summed E-state index contributed by atoms with van der Waals surface area (Å²) in [7, 11) is 0. The van der Waals surface area contributed by atoms with Crippen LogP contribution in [-0.2, 0) is 13.1 Å². The summed E-state index contributed by atoms with van der Waals surface area (Å²) in [5, 5.41) is 5.92. The van der Waals surface area contributed by atoms with Crippen LogP contribution in [0.4, 0.5) is 14.5 Å². The van der Waals surface area contributed by atoms with Crippen LogP contribution in [0.5, 0.6) is 0 Å². The third-order valence-electron chi connectivity index (χ3n) is 3.77. The molecule has 1 heterocycles. The van der Waals surface area contributed by atoms with Gasteiger partial charge in [0.25, 0.3) is 5.91 Å². The van der Waals surface area contributed by atoms with Crippen molar-refractivity contribution in [3.63, 3.8) is 0 Å². The first-order chi connectivity index (χ1) is 12.6. The summed E-state index contributed by atoms with van der Waals surface area (Å²) in [4.78, 5) is 16.3. The van der Waals surface area contributed by atoms with E-state index in [1.165, 1.54) is 24.3 Å². The molecule has 0 aliphatic rings. The maximum atomic E-state index is 12.9. The van der Waals surface area contributed by atoms with Crippen LogP contribution in [0.3, 0.4) is 0 Å². The van der Waals surface area contributed by atoms with Crippen LogP contribution in [-0.4, -0.2) is 10.9 Å². The monoisotopic (exact) mass is 353 g/mol. The number of carbonyl (C=O) groups is 1. The second kappa shape index (κ2) is 8.20. The van der Waals surface area contributed by atoms with Gasteiger partial charge in [0, 0.05) is 25.0 Å². The molecule has 0 saturated heterocycles. The lowest BCUT2D eigenvalue weighted by Gasteiger charge is -2.09. The highest BCUT2D eigenvalue weighted by Gasteiger charge is 2.08. The van der Waals surface area contributed by atoms with E-state index < -0.39 is 0 Å². The van der Waals surface area contributed by atoms with Gasteiger partial charge in [-0.1, -0.05) is 24.3 Å². The Labute approximate surface area is 149 Å². The molecule has 132 valence electrons. The number of benzene rings is 2. The number of halogens is 2. The SMILES string of the molecule is O=C(NCc1ccc(F)cc1)c1cc(NCc2ccc(F)cc2)ccn1. The van der Waals surface area contributed by atoms with E-state index in [9.17, 15) is 13.6 Å². The molecule has 0 aliphatic carbocycles. The molecule has 26 heavy (non-hydrogen) atoms. The first kappa shape index (κ1) is 17.5. The molecule has 0 unspecified atom stereocenters. The molecule has 0 fully saturated rings. The van der Waals surface area contributed by atoms with Crippen molar-refractivity contribution in [1.29, 1.82) is 0 Å². The Balaban J connectivity index is 1.58. The van der Waals surface area contributed by atoms with Gasteiger partial charge in [-0.3, -0.25) is 9.78 Å². The lowest BCUT2D eigenvalue weighted by atomic mass is 10.2. The Bertz CT molecular complexity index is 880. The first-order valence-electron chi connectivity index (χ1n) is 8.07. The number of aromatic nitrogens is 1. The van der Waals surface area contributed by atoms with Crippen molar-refractivity contribution in [3.05, 3.63) is 95.3 Å². The minimum Gasteiger partial charge on any atom is -0.381 e. The molecule has 1 aromatic heterocycles. The van der Waals surface area contributed by atoms with Gasteiger partial charge in [-0.05, 0) is 47.5 Å². The summed E-state index contributed by atoms with van der Waals surface area (Å²) >= 11 is 0. The molecule has 0 atom stereocenters. The molecular formula is C20H17F2N3O. The van der Waals surface area contributed by atoms with Crippen molar-refractivity contribution in [2.24, 2.45) is 0 Å². The van der Waals surface area contributed by atoms with Crippen LogP contribution < -0.4 is 10.6 Å². The molecule has 2 aromatic carbocycles. The van der Waals surface area contributed by atoms with Gasteiger partial charge >= 0.3 is 0 Å². The van der Waals surface area contributed by atoms with E-state index in [2.05, 4.69) is 15.6 Å². The second-order valence-corrected chi connectivity index (χ2v) is 5.72. The van der Waals surface area contributed by atoms with Gasteiger partial charge in [0.1, 0.15) is 17.3 Å². The standard InChI is InChI=1S/C20H17F2N3O/c21-16-5-1-14(2-6-16)12-24-18-9-10-23-19(11-18)20(26)25-13-15-3-7-17(22)8-4-15/h1-11H,12-13H2,(H,23,24)(H,25,26). The summed E-state index contributed by atoms with van der Waals surface area (Å²) in [6.07, 6.45) is 1.54. The van der Waals surface area contributed by atoms with E-state index in [-0.39, 0.29) is 29.8 Å². The molecule has 1 amide bonds. The van der Waals surface area contributed by atoms with E-state index in [1.54, 1.807) is 42.6 Å². The van der Waals surface area contributed by atoms with Gasteiger partial charge in [-0.15, -0.1) is 0 Å². The maximum absolute atomic E-state index is 12.9. The number of rotatable bonds is 6. The Morgan fingerprint density at radius 1 is 0.846 bits per heavy atom. The maximum Gasteiger partial charge on any atom is 0.270 e. The molecule has 0 saturated carbocycles. The molecule has 6 heteroatoms. The van der Waals surface area contributed by atoms with Gasteiger partial charge in [-0.2, -0.15) is 0 Å². The van der Waals surface area contributed by atoms with E-state index >= 15 is 0 Å². The molecule has 3 aromatic rings. The van der Waals surface area contributed by atoms with Gasteiger partial charge in [0.15, 0.2) is 0 Å².